The van der Waals surface area contributed by atoms with E-state index in [0.717, 1.165) is 11.3 Å². The second kappa shape index (κ2) is 9.46. The molecule has 1 aromatic heterocycles. The van der Waals surface area contributed by atoms with E-state index in [-0.39, 0.29) is 12.2 Å². The summed E-state index contributed by atoms with van der Waals surface area (Å²) in [6.45, 7) is 3.72. The molecule has 1 aliphatic heterocycles. The molecule has 0 radical (unpaired) electrons. The van der Waals surface area contributed by atoms with E-state index >= 15 is 0 Å². The number of hydrogen-bond donors (Lipinski definition) is 0. The van der Waals surface area contributed by atoms with Gasteiger partial charge in [-0.3, -0.25) is 9.36 Å². The molecule has 170 valence electrons. The highest BCUT2D eigenvalue weighted by Crippen LogP contribution is 2.35. The number of aromatic nitrogens is 1. The van der Waals surface area contributed by atoms with Crippen LogP contribution < -0.4 is 24.4 Å². The molecule has 8 heteroatoms. The molecule has 7 nitrogen and oxygen atoms in total. The number of benzene rings is 2. The first kappa shape index (κ1) is 22.5. The van der Waals surface area contributed by atoms with E-state index in [9.17, 15) is 9.59 Å². The van der Waals surface area contributed by atoms with Crippen LogP contribution >= 0.6 is 11.3 Å². The third kappa shape index (κ3) is 4.21. The number of ether oxygens (including phenoxy) is 3. The van der Waals surface area contributed by atoms with Crippen LogP contribution in [-0.2, 0) is 9.53 Å². The molecule has 3 aromatic rings. The Bertz CT molecular complexity index is 1400. The maximum Gasteiger partial charge on any atom is 0.338 e. The quantitative estimate of drug-likeness (QED) is 0.524. The van der Waals surface area contributed by atoms with Crippen molar-refractivity contribution in [3.8, 4) is 11.5 Å². The van der Waals surface area contributed by atoms with Crippen LogP contribution in [0.15, 0.2) is 69.6 Å². The van der Waals surface area contributed by atoms with Gasteiger partial charge in [0.15, 0.2) is 4.80 Å². The first-order valence-electron chi connectivity index (χ1n) is 10.4. The summed E-state index contributed by atoms with van der Waals surface area (Å²) in [6.07, 6.45) is 1.81. The smallest absolute Gasteiger partial charge is 0.338 e. The highest BCUT2D eigenvalue weighted by molar-refractivity contribution is 7.07. The van der Waals surface area contributed by atoms with Crippen molar-refractivity contribution in [1.29, 1.82) is 0 Å². The first-order valence-corrected chi connectivity index (χ1v) is 11.3. The number of esters is 1. The lowest BCUT2D eigenvalue weighted by atomic mass is 9.95. The lowest BCUT2D eigenvalue weighted by molar-refractivity contribution is -0.139. The van der Waals surface area contributed by atoms with Crippen LogP contribution in [0.2, 0.25) is 0 Å². The van der Waals surface area contributed by atoms with Gasteiger partial charge in [-0.1, -0.05) is 41.7 Å². The zero-order chi connectivity index (χ0) is 23.5. The van der Waals surface area contributed by atoms with Crippen LogP contribution in [0.1, 0.15) is 31.0 Å². The fraction of sp³-hybridized carbons (Fsp3) is 0.240. The van der Waals surface area contributed by atoms with Crippen molar-refractivity contribution in [3.63, 3.8) is 0 Å². The molecule has 0 unspecified atom stereocenters. The molecule has 0 N–H and O–H groups in total. The molecule has 0 saturated heterocycles. The number of allylic oxidation sites excluding steroid dienone is 1. The Morgan fingerprint density at radius 2 is 1.85 bits per heavy atom. The zero-order valence-corrected chi connectivity index (χ0v) is 19.6. The van der Waals surface area contributed by atoms with Crippen LogP contribution in [0.25, 0.3) is 6.08 Å². The Balaban J connectivity index is 1.95. The number of nitrogens with zero attached hydrogens (tertiary/aromatic N) is 2. The second-order valence-corrected chi connectivity index (χ2v) is 8.33. The maximum absolute atomic E-state index is 13.6. The summed E-state index contributed by atoms with van der Waals surface area (Å²) in [7, 11) is 3.17. The molecule has 1 aliphatic rings. The number of methoxy groups -OCH3 is 2. The van der Waals surface area contributed by atoms with Crippen molar-refractivity contribution in [2.24, 2.45) is 4.99 Å². The van der Waals surface area contributed by atoms with Gasteiger partial charge in [-0.05, 0) is 43.7 Å². The lowest BCUT2D eigenvalue weighted by Crippen LogP contribution is -2.40. The Morgan fingerprint density at radius 1 is 1.12 bits per heavy atom. The minimum absolute atomic E-state index is 0.218. The summed E-state index contributed by atoms with van der Waals surface area (Å²) >= 11 is 1.28. The third-order valence-electron chi connectivity index (χ3n) is 5.36. The number of carbonyl (C=O) groups is 1. The number of fused-ring (bicyclic) bond motifs is 1. The normalized spacial score (nSPS) is 15.6. The third-order valence-corrected chi connectivity index (χ3v) is 6.35. The maximum atomic E-state index is 13.6. The predicted octanol–water partition coefficient (Wildman–Crippen LogP) is 2.82. The number of thiazole rings is 1. The summed E-state index contributed by atoms with van der Waals surface area (Å²) in [5.41, 5.74) is 2.15. The van der Waals surface area contributed by atoms with Crippen LogP contribution in [0.5, 0.6) is 11.5 Å². The van der Waals surface area contributed by atoms with Gasteiger partial charge in [-0.15, -0.1) is 0 Å². The van der Waals surface area contributed by atoms with Crippen LogP contribution in [0, 0.1) is 0 Å². The van der Waals surface area contributed by atoms with Crippen molar-refractivity contribution < 1.29 is 19.0 Å². The second-order valence-electron chi connectivity index (χ2n) is 7.32. The summed E-state index contributed by atoms with van der Waals surface area (Å²) in [6, 6.07) is 14.1. The van der Waals surface area contributed by atoms with Crippen molar-refractivity contribution in [2.75, 3.05) is 20.8 Å². The molecule has 1 atom stereocenters. The van der Waals surface area contributed by atoms with Crippen LogP contribution in [0.3, 0.4) is 0 Å². The van der Waals surface area contributed by atoms with Crippen molar-refractivity contribution in [2.45, 2.75) is 19.9 Å². The zero-order valence-electron chi connectivity index (χ0n) is 18.8. The van der Waals surface area contributed by atoms with Gasteiger partial charge in [0, 0.05) is 5.56 Å². The Kier molecular flexibility index (Phi) is 6.46. The molecule has 0 saturated carbocycles. The molecule has 0 spiro atoms. The number of rotatable bonds is 6. The van der Waals surface area contributed by atoms with Gasteiger partial charge < -0.3 is 14.2 Å². The van der Waals surface area contributed by atoms with Crippen molar-refractivity contribution >= 4 is 23.4 Å². The average molecular weight is 465 g/mol. The molecular formula is C25H24N2O5S. The van der Waals surface area contributed by atoms with Gasteiger partial charge in [0.1, 0.15) is 17.5 Å². The van der Waals surface area contributed by atoms with Gasteiger partial charge in [-0.25, -0.2) is 9.79 Å². The molecule has 0 amide bonds. The summed E-state index contributed by atoms with van der Waals surface area (Å²) in [5, 5.41) is 0. The molecule has 2 heterocycles. The molecule has 0 aliphatic carbocycles. The Morgan fingerprint density at radius 3 is 2.52 bits per heavy atom. The topological polar surface area (TPSA) is 79.1 Å². The monoisotopic (exact) mass is 464 g/mol. The van der Waals surface area contributed by atoms with Gasteiger partial charge in [0.2, 0.25) is 0 Å². The predicted molar refractivity (Wildman–Crippen MR) is 126 cm³/mol. The summed E-state index contributed by atoms with van der Waals surface area (Å²) < 4.78 is 18.2. The fourth-order valence-electron chi connectivity index (χ4n) is 3.83. The van der Waals surface area contributed by atoms with Gasteiger partial charge in [-0.2, -0.15) is 0 Å². The Labute approximate surface area is 194 Å². The van der Waals surface area contributed by atoms with Gasteiger partial charge >= 0.3 is 5.97 Å². The van der Waals surface area contributed by atoms with E-state index in [2.05, 4.69) is 4.99 Å². The number of hydrogen-bond acceptors (Lipinski definition) is 7. The lowest BCUT2D eigenvalue weighted by Gasteiger charge is -2.25. The molecule has 0 fully saturated rings. The van der Waals surface area contributed by atoms with E-state index in [4.69, 9.17) is 14.2 Å². The molecule has 4 rings (SSSR count). The number of carbonyl (C=O) groups excluding carboxylic acids is 1. The molecular weight excluding hydrogens is 440 g/mol. The SMILES string of the molecule is CCOC(=O)C1=C(C)N=c2s/c(=C\c3ccc(OC)cc3)c(=O)n2[C@@H]1c1ccccc1OC. The van der Waals surface area contributed by atoms with Crippen molar-refractivity contribution in [1.82, 2.24) is 4.57 Å². The minimum atomic E-state index is -0.713. The number of para-hydroxylation sites is 1. The molecule has 33 heavy (non-hydrogen) atoms. The summed E-state index contributed by atoms with van der Waals surface area (Å²) in [4.78, 5) is 31.7. The van der Waals surface area contributed by atoms with E-state index in [1.165, 1.54) is 11.3 Å². The van der Waals surface area contributed by atoms with E-state index in [1.54, 1.807) is 38.7 Å². The van der Waals surface area contributed by atoms with E-state index in [0.29, 0.717) is 31.9 Å². The van der Waals surface area contributed by atoms with E-state index < -0.39 is 12.0 Å². The van der Waals surface area contributed by atoms with Crippen LogP contribution in [0.4, 0.5) is 0 Å². The Hall–Kier alpha value is -3.65. The minimum Gasteiger partial charge on any atom is -0.497 e. The highest BCUT2D eigenvalue weighted by Gasteiger charge is 2.34. The first-order chi connectivity index (χ1) is 16.0. The summed E-state index contributed by atoms with van der Waals surface area (Å²) in [5.74, 6) is 0.808. The standard InChI is InChI=1S/C25H24N2O5S/c1-5-32-24(29)21-15(2)26-25-27(22(21)18-8-6-7-9-19(18)31-4)23(28)20(33-25)14-16-10-12-17(30-3)13-11-16/h6-14,22H,5H2,1-4H3/b20-14-/t22-/m1/s1. The van der Waals surface area contributed by atoms with Gasteiger partial charge in [0.05, 0.1) is 36.6 Å². The van der Waals surface area contributed by atoms with Crippen LogP contribution in [-0.4, -0.2) is 31.4 Å². The molecule has 2 aromatic carbocycles. The highest BCUT2D eigenvalue weighted by atomic mass is 32.1. The van der Waals surface area contributed by atoms with Gasteiger partial charge in [0.25, 0.3) is 5.56 Å². The van der Waals surface area contributed by atoms with Crippen molar-refractivity contribution in [3.05, 3.63) is 90.6 Å². The molecule has 0 bridgehead atoms. The largest absolute Gasteiger partial charge is 0.497 e. The average Bonchev–Trinajstić information content (AvgIpc) is 3.13. The fourth-order valence-corrected chi connectivity index (χ4v) is 4.88. The van der Waals surface area contributed by atoms with E-state index in [1.807, 2.05) is 48.5 Å².